The van der Waals surface area contributed by atoms with Crippen molar-refractivity contribution in [3.05, 3.63) is 0 Å². The summed E-state index contributed by atoms with van der Waals surface area (Å²) in [6.07, 6.45) is 1.21. The summed E-state index contributed by atoms with van der Waals surface area (Å²) in [6, 6.07) is 0. The van der Waals surface area contributed by atoms with E-state index < -0.39 is 11.5 Å². The van der Waals surface area contributed by atoms with Crippen molar-refractivity contribution >= 4 is 5.97 Å². The molecule has 2 N–H and O–H groups in total. The molecule has 1 aliphatic rings. The number of carboxylic acids is 1. The van der Waals surface area contributed by atoms with Crippen molar-refractivity contribution < 1.29 is 9.90 Å². The second-order valence-corrected chi connectivity index (χ2v) is 6.52. The van der Waals surface area contributed by atoms with Crippen LogP contribution in [-0.4, -0.2) is 48.2 Å². The Morgan fingerprint density at radius 3 is 2.41 bits per heavy atom. The van der Waals surface area contributed by atoms with Crippen molar-refractivity contribution in [2.24, 2.45) is 11.3 Å². The monoisotopic (exact) mass is 242 g/mol. The van der Waals surface area contributed by atoms with Crippen molar-refractivity contribution in [3.8, 4) is 0 Å². The Labute approximate surface area is 104 Å². The maximum absolute atomic E-state index is 11.0. The van der Waals surface area contributed by atoms with Gasteiger partial charge in [0.05, 0.1) is 0 Å². The number of carbonyl (C=O) groups is 1. The second kappa shape index (κ2) is 4.94. The van der Waals surface area contributed by atoms with Gasteiger partial charge in [-0.15, -0.1) is 0 Å². The number of nitrogens with one attached hydrogen (secondary N) is 1. The average molecular weight is 242 g/mol. The van der Waals surface area contributed by atoms with Gasteiger partial charge in [-0.2, -0.15) is 0 Å². The number of hydrogen-bond donors (Lipinski definition) is 2. The molecule has 4 heteroatoms. The molecule has 0 aromatic heterocycles. The predicted molar refractivity (Wildman–Crippen MR) is 69.1 cm³/mol. The van der Waals surface area contributed by atoms with Gasteiger partial charge in [0.25, 0.3) is 0 Å². The molecule has 1 heterocycles. The number of hydrogen-bond acceptors (Lipinski definition) is 3. The third kappa shape index (κ3) is 3.68. The van der Waals surface area contributed by atoms with Crippen LogP contribution in [0.3, 0.4) is 0 Å². The van der Waals surface area contributed by atoms with E-state index in [1.165, 1.54) is 6.42 Å². The lowest BCUT2D eigenvalue weighted by Crippen LogP contribution is -2.51. The van der Waals surface area contributed by atoms with E-state index in [9.17, 15) is 4.79 Å². The molecule has 0 amide bonds. The first-order valence-electron chi connectivity index (χ1n) is 6.32. The van der Waals surface area contributed by atoms with Gasteiger partial charge in [-0.25, -0.2) is 0 Å². The molecule has 100 valence electrons. The molecular weight excluding hydrogens is 216 g/mol. The normalized spacial score (nSPS) is 23.0. The van der Waals surface area contributed by atoms with Gasteiger partial charge in [0.15, 0.2) is 0 Å². The molecule has 0 aromatic rings. The minimum Gasteiger partial charge on any atom is -0.480 e. The quantitative estimate of drug-likeness (QED) is 0.765. The fraction of sp³-hybridized carbons (Fsp3) is 0.923. The van der Waals surface area contributed by atoms with Crippen LogP contribution in [0.15, 0.2) is 0 Å². The Morgan fingerprint density at radius 1 is 1.41 bits per heavy atom. The first-order chi connectivity index (χ1) is 7.65. The molecule has 1 fully saturated rings. The van der Waals surface area contributed by atoms with E-state index >= 15 is 0 Å². The third-order valence-corrected chi connectivity index (χ3v) is 4.02. The fourth-order valence-electron chi connectivity index (χ4n) is 2.24. The SMILES string of the molecule is CN1CCC(C(C)(C)CNC(C)(C)C(=O)O)C1. The first-order valence-corrected chi connectivity index (χ1v) is 6.32. The number of likely N-dealkylation sites (tertiary alicyclic amines) is 1. The van der Waals surface area contributed by atoms with Gasteiger partial charge in [-0.05, 0) is 45.2 Å². The molecule has 0 saturated carbocycles. The van der Waals surface area contributed by atoms with Crippen LogP contribution in [0.2, 0.25) is 0 Å². The lowest BCUT2D eigenvalue weighted by Gasteiger charge is -2.35. The lowest BCUT2D eigenvalue weighted by atomic mass is 9.77. The molecule has 1 saturated heterocycles. The summed E-state index contributed by atoms with van der Waals surface area (Å²) in [5.74, 6) is -0.151. The molecule has 1 atom stereocenters. The van der Waals surface area contributed by atoms with E-state index in [-0.39, 0.29) is 5.41 Å². The molecule has 0 aromatic carbocycles. The van der Waals surface area contributed by atoms with Gasteiger partial charge >= 0.3 is 5.97 Å². The van der Waals surface area contributed by atoms with Gasteiger partial charge < -0.3 is 15.3 Å². The van der Waals surface area contributed by atoms with Crippen LogP contribution in [0.4, 0.5) is 0 Å². The zero-order valence-corrected chi connectivity index (χ0v) is 11.7. The van der Waals surface area contributed by atoms with Crippen molar-refractivity contribution in [2.75, 3.05) is 26.7 Å². The Balaban J connectivity index is 2.52. The lowest BCUT2D eigenvalue weighted by molar-refractivity contribution is -0.143. The van der Waals surface area contributed by atoms with Crippen molar-refractivity contribution in [2.45, 2.75) is 39.7 Å². The molecule has 4 nitrogen and oxygen atoms in total. The molecule has 0 spiro atoms. The second-order valence-electron chi connectivity index (χ2n) is 6.52. The molecule has 17 heavy (non-hydrogen) atoms. The van der Waals surface area contributed by atoms with Gasteiger partial charge in [0, 0.05) is 13.1 Å². The maximum atomic E-state index is 11.0. The van der Waals surface area contributed by atoms with Gasteiger partial charge in [-0.3, -0.25) is 4.79 Å². The zero-order chi connectivity index (χ0) is 13.3. The Hall–Kier alpha value is -0.610. The minimum absolute atomic E-state index is 0.136. The van der Waals surface area contributed by atoms with E-state index in [1.807, 2.05) is 0 Å². The van der Waals surface area contributed by atoms with Gasteiger partial charge in [0.2, 0.25) is 0 Å². The van der Waals surface area contributed by atoms with Crippen molar-refractivity contribution in [3.63, 3.8) is 0 Å². The topological polar surface area (TPSA) is 52.6 Å². The highest BCUT2D eigenvalue weighted by Crippen LogP contribution is 2.33. The van der Waals surface area contributed by atoms with E-state index in [4.69, 9.17) is 5.11 Å². The number of aliphatic carboxylic acids is 1. The molecule has 0 bridgehead atoms. The van der Waals surface area contributed by atoms with Crippen LogP contribution in [0.5, 0.6) is 0 Å². The van der Waals surface area contributed by atoms with Crippen LogP contribution < -0.4 is 5.32 Å². The summed E-state index contributed by atoms with van der Waals surface area (Å²) in [7, 11) is 2.14. The Bertz CT molecular complexity index is 287. The van der Waals surface area contributed by atoms with Crippen molar-refractivity contribution in [1.29, 1.82) is 0 Å². The van der Waals surface area contributed by atoms with Crippen LogP contribution in [0, 0.1) is 11.3 Å². The van der Waals surface area contributed by atoms with Crippen LogP contribution >= 0.6 is 0 Å². The molecule has 0 aliphatic carbocycles. The number of carboxylic acid groups (broad SMARTS) is 1. The Morgan fingerprint density at radius 2 is 2.00 bits per heavy atom. The van der Waals surface area contributed by atoms with Gasteiger partial charge in [-0.1, -0.05) is 13.8 Å². The standard InChI is InChI=1S/C13H26N2O2/c1-12(2,10-6-7-15(5)8-10)9-14-13(3,4)11(16)17/h10,14H,6-9H2,1-5H3,(H,16,17). The first kappa shape index (κ1) is 14.5. The Kier molecular flexibility index (Phi) is 4.20. The largest absolute Gasteiger partial charge is 0.480 e. The molecule has 1 rings (SSSR count). The van der Waals surface area contributed by atoms with E-state index in [1.54, 1.807) is 13.8 Å². The zero-order valence-electron chi connectivity index (χ0n) is 11.7. The predicted octanol–water partition coefficient (Wildman–Crippen LogP) is 1.42. The van der Waals surface area contributed by atoms with E-state index in [0.29, 0.717) is 5.92 Å². The average Bonchev–Trinajstić information content (AvgIpc) is 2.63. The van der Waals surface area contributed by atoms with Crippen molar-refractivity contribution in [1.82, 2.24) is 10.2 Å². The highest BCUT2D eigenvalue weighted by Gasteiger charge is 2.36. The highest BCUT2D eigenvalue weighted by molar-refractivity contribution is 5.77. The van der Waals surface area contributed by atoms with Crippen LogP contribution in [0.25, 0.3) is 0 Å². The summed E-state index contributed by atoms with van der Waals surface area (Å²) < 4.78 is 0. The van der Waals surface area contributed by atoms with Gasteiger partial charge in [0.1, 0.15) is 5.54 Å². The summed E-state index contributed by atoms with van der Waals surface area (Å²) >= 11 is 0. The summed E-state index contributed by atoms with van der Waals surface area (Å²) in [5.41, 5.74) is -0.709. The minimum atomic E-state index is -0.845. The number of nitrogens with zero attached hydrogens (tertiary/aromatic N) is 1. The summed E-state index contributed by atoms with van der Waals surface area (Å²) in [4.78, 5) is 13.4. The number of rotatable bonds is 5. The highest BCUT2D eigenvalue weighted by atomic mass is 16.4. The third-order valence-electron chi connectivity index (χ3n) is 4.02. The van der Waals surface area contributed by atoms with Crippen LogP contribution in [0.1, 0.15) is 34.1 Å². The molecule has 1 unspecified atom stereocenters. The van der Waals surface area contributed by atoms with Crippen LogP contribution in [-0.2, 0) is 4.79 Å². The molecule has 0 radical (unpaired) electrons. The molecular formula is C13H26N2O2. The molecule has 1 aliphatic heterocycles. The fourth-order valence-corrected chi connectivity index (χ4v) is 2.24. The maximum Gasteiger partial charge on any atom is 0.323 e. The smallest absolute Gasteiger partial charge is 0.323 e. The van der Waals surface area contributed by atoms with E-state index in [2.05, 4.69) is 31.1 Å². The summed E-state index contributed by atoms with van der Waals surface area (Å²) in [5, 5.41) is 12.2. The van der Waals surface area contributed by atoms with E-state index in [0.717, 1.165) is 19.6 Å². The summed E-state index contributed by atoms with van der Waals surface area (Å²) in [6.45, 7) is 10.9.